The number of ketones is 1. The van der Waals surface area contributed by atoms with E-state index in [-0.39, 0.29) is 11.7 Å². The molecule has 0 aliphatic heterocycles. The Balaban J connectivity index is 4.60. The monoisotopic (exact) mass is 257 g/mol. The number of hydrogen-bond acceptors (Lipinski definition) is 3. The molecule has 1 amide bonds. The first-order chi connectivity index (χ1) is 8.03. The number of hydrogen-bond donors (Lipinski definition) is 1. The fourth-order valence-corrected chi connectivity index (χ4v) is 1.57. The van der Waals surface area contributed by atoms with Crippen LogP contribution in [0.4, 0.5) is 4.79 Å². The molecule has 4 nitrogen and oxygen atoms in total. The molecule has 1 N–H and O–H groups in total. The van der Waals surface area contributed by atoms with Gasteiger partial charge in [0.1, 0.15) is 5.60 Å². The summed E-state index contributed by atoms with van der Waals surface area (Å²) in [6.45, 7) is 13.1. The highest BCUT2D eigenvalue weighted by Gasteiger charge is 2.26. The first-order valence-electron chi connectivity index (χ1n) is 6.56. The van der Waals surface area contributed by atoms with Gasteiger partial charge in [-0.15, -0.1) is 0 Å². The zero-order chi connectivity index (χ0) is 14.5. The van der Waals surface area contributed by atoms with E-state index in [4.69, 9.17) is 4.74 Å². The molecular formula is C14H27NO3. The molecule has 0 bridgehead atoms. The standard InChI is InChI=1S/C14H27NO3/c1-9(2)8-11(12(16)10(3)4)15-13(17)18-14(5,6)7/h9-11H,8H2,1-7H3,(H,15,17)/t11-/m1/s1. The number of ether oxygens (including phenoxy) is 1. The smallest absolute Gasteiger partial charge is 0.408 e. The summed E-state index contributed by atoms with van der Waals surface area (Å²) in [4.78, 5) is 23.7. The maximum atomic E-state index is 12.0. The van der Waals surface area contributed by atoms with E-state index >= 15 is 0 Å². The maximum absolute atomic E-state index is 12.0. The van der Waals surface area contributed by atoms with E-state index in [0.29, 0.717) is 12.3 Å². The minimum atomic E-state index is -0.548. The SMILES string of the molecule is CC(C)C[C@@H](NC(=O)OC(C)(C)C)C(=O)C(C)C. The van der Waals surface area contributed by atoms with Crippen molar-refractivity contribution in [3.63, 3.8) is 0 Å². The number of alkyl carbamates (subject to hydrolysis) is 1. The molecule has 0 unspecified atom stereocenters. The summed E-state index contributed by atoms with van der Waals surface area (Å²) in [5.74, 6) is 0.297. The van der Waals surface area contributed by atoms with Gasteiger partial charge in [0.05, 0.1) is 6.04 Å². The fourth-order valence-electron chi connectivity index (χ4n) is 1.57. The molecule has 4 heteroatoms. The maximum Gasteiger partial charge on any atom is 0.408 e. The van der Waals surface area contributed by atoms with Gasteiger partial charge in [0, 0.05) is 5.92 Å². The van der Waals surface area contributed by atoms with E-state index in [1.165, 1.54) is 0 Å². The Labute approximate surface area is 110 Å². The van der Waals surface area contributed by atoms with Crippen LogP contribution in [0.5, 0.6) is 0 Å². The summed E-state index contributed by atoms with van der Waals surface area (Å²) in [7, 11) is 0. The summed E-state index contributed by atoms with van der Waals surface area (Å²) in [5, 5.41) is 2.68. The molecule has 0 rings (SSSR count). The van der Waals surface area contributed by atoms with Crippen LogP contribution in [0.25, 0.3) is 0 Å². The van der Waals surface area contributed by atoms with E-state index in [2.05, 4.69) is 5.32 Å². The molecule has 0 saturated heterocycles. The summed E-state index contributed by atoms with van der Waals surface area (Å²) >= 11 is 0. The zero-order valence-corrected chi connectivity index (χ0v) is 12.7. The van der Waals surface area contributed by atoms with Crippen molar-refractivity contribution in [3.05, 3.63) is 0 Å². The van der Waals surface area contributed by atoms with E-state index in [1.54, 1.807) is 20.8 Å². The summed E-state index contributed by atoms with van der Waals surface area (Å²) < 4.78 is 5.18. The van der Waals surface area contributed by atoms with Crippen LogP contribution in [-0.2, 0) is 9.53 Å². The van der Waals surface area contributed by atoms with Gasteiger partial charge in [-0.2, -0.15) is 0 Å². The zero-order valence-electron chi connectivity index (χ0n) is 12.7. The van der Waals surface area contributed by atoms with Crippen molar-refractivity contribution < 1.29 is 14.3 Å². The lowest BCUT2D eigenvalue weighted by atomic mass is 9.94. The van der Waals surface area contributed by atoms with E-state index in [9.17, 15) is 9.59 Å². The number of Topliss-reactive ketones (excluding diaryl/α,β-unsaturated/α-hetero) is 1. The van der Waals surface area contributed by atoms with Crippen LogP contribution in [0.3, 0.4) is 0 Å². The van der Waals surface area contributed by atoms with Gasteiger partial charge in [-0.05, 0) is 33.1 Å². The molecule has 0 aromatic rings. The van der Waals surface area contributed by atoms with Crippen molar-refractivity contribution in [2.75, 3.05) is 0 Å². The van der Waals surface area contributed by atoms with E-state index in [1.807, 2.05) is 27.7 Å². The van der Waals surface area contributed by atoms with Gasteiger partial charge in [0.15, 0.2) is 5.78 Å². The Hall–Kier alpha value is -1.06. The third kappa shape index (κ3) is 7.30. The molecule has 1 atom stereocenters. The predicted octanol–water partition coefficient (Wildman–Crippen LogP) is 3.15. The van der Waals surface area contributed by atoms with Crippen molar-refractivity contribution >= 4 is 11.9 Å². The molecule has 0 aliphatic rings. The quantitative estimate of drug-likeness (QED) is 0.823. The number of carbonyl (C=O) groups is 2. The second kappa shape index (κ2) is 6.76. The minimum Gasteiger partial charge on any atom is -0.444 e. The van der Waals surface area contributed by atoms with E-state index in [0.717, 1.165) is 0 Å². The topological polar surface area (TPSA) is 55.4 Å². The lowest BCUT2D eigenvalue weighted by Crippen LogP contribution is -2.45. The Morgan fingerprint density at radius 2 is 1.61 bits per heavy atom. The Bertz CT molecular complexity index is 290. The average molecular weight is 257 g/mol. The molecule has 0 radical (unpaired) electrons. The average Bonchev–Trinajstić information content (AvgIpc) is 2.11. The Kier molecular flexibility index (Phi) is 6.36. The normalized spacial score (nSPS) is 13.6. The van der Waals surface area contributed by atoms with Crippen molar-refractivity contribution in [2.24, 2.45) is 11.8 Å². The lowest BCUT2D eigenvalue weighted by molar-refractivity contribution is -0.124. The molecular weight excluding hydrogens is 230 g/mol. The van der Waals surface area contributed by atoms with Crippen molar-refractivity contribution in [1.82, 2.24) is 5.32 Å². The third-order valence-electron chi connectivity index (χ3n) is 2.31. The second-order valence-corrected chi connectivity index (χ2v) is 6.39. The van der Waals surface area contributed by atoms with Gasteiger partial charge >= 0.3 is 6.09 Å². The molecule has 106 valence electrons. The first-order valence-corrected chi connectivity index (χ1v) is 6.56. The van der Waals surface area contributed by atoms with Crippen LogP contribution in [0.2, 0.25) is 0 Å². The van der Waals surface area contributed by atoms with Crippen LogP contribution < -0.4 is 5.32 Å². The van der Waals surface area contributed by atoms with Gasteiger partial charge in [-0.1, -0.05) is 27.7 Å². The number of rotatable bonds is 5. The summed E-state index contributed by atoms with van der Waals surface area (Å²) in [6.07, 6.45) is 0.109. The number of carbonyl (C=O) groups excluding carboxylic acids is 2. The van der Waals surface area contributed by atoms with Crippen molar-refractivity contribution in [3.8, 4) is 0 Å². The molecule has 0 aliphatic carbocycles. The Morgan fingerprint density at radius 3 is 1.94 bits per heavy atom. The Morgan fingerprint density at radius 1 is 1.11 bits per heavy atom. The molecule has 0 fully saturated rings. The lowest BCUT2D eigenvalue weighted by Gasteiger charge is -2.24. The van der Waals surface area contributed by atoms with Crippen LogP contribution in [-0.4, -0.2) is 23.5 Å². The highest BCUT2D eigenvalue weighted by atomic mass is 16.6. The second-order valence-electron chi connectivity index (χ2n) is 6.39. The van der Waals surface area contributed by atoms with Crippen LogP contribution >= 0.6 is 0 Å². The van der Waals surface area contributed by atoms with Crippen LogP contribution in [0.15, 0.2) is 0 Å². The van der Waals surface area contributed by atoms with Crippen molar-refractivity contribution in [2.45, 2.75) is 66.5 Å². The first kappa shape index (κ1) is 16.9. The largest absolute Gasteiger partial charge is 0.444 e. The highest BCUT2D eigenvalue weighted by Crippen LogP contribution is 2.12. The number of amides is 1. The minimum absolute atomic E-state index is 0.0505. The predicted molar refractivity (Wildman–Crippen MR) is 72.5 cm³/mol. The molecule has 0 aromatic heterocycles. The van der Waals surface area contributed by atoms with Crippen LogP contribution in [0.1, 0.15) is 54.9 Å². The summed E-state index contributed by atoms with van der Waals surface area (Å²) in [5.41, 5.74) is -0.548. The molecule has 0 saturated carbocycles. The number of nitrogens with one attached hydrogen (secondary N) is 1. The van der Waals surface area contributed by atoms with Gasteiger partial charge in [0.2, 0.25) is 0 Å². The molecule has 0 spiro atoms. The van der Waals surface area contributed by atoms with Crippen LogP contribution in [0, 0.1) is 11.8 Å². The molecule has 0 aromatic carbocycles. The molecule has 18 heavy (non-hydrogen) atoms. The van der Waals surface area contributed by atoms with Crippen molar-refractivity contribution in [1.29, 1.82) is 0 Å². The van der Waals surface area contributed by atoms with Gasteiger partial charge < -0.3 is 10.1 Å². The van der Waals surface area contributed by atoms with E-state index < -0.39 is 17.7 Å². The van der Waals surface area contributed by atoms with Gasteiger partial charge in [-0.3, -0.25) is 4.79 Å². The highest BCUT2D eigenvalue weighted by molar-refractivity contribution is 5.88. The third-order valence-corrected chi connectivity index (χ3v) is 2.31. The fraction of sp³-hybridized carbons (Fsp3) is 0.857. The molecule has 0 heterocycles. The van der Waals surface area contributed by atoms with Gasteiger partial charge in [-0.25, -0.2) is 4.79 Å². The van der Waals surface area contributed by atoms with Gasteiger partial charge in [0.25, 0.3) is 0 Å². The summed E-state index contributed by atoms with van der Waals surface area (Å²) in [6, 6.07) is -0.458.